The van der Waals surface area contributed by atoms with E-state index in [9.17, 15) is 22.0 Å². The lowest BCUT2D eigenvalue weighted by Gasteiger charge is -2.31. The minimum absolute atomic E-state index is 0.142. The number of nitrogens with zero attached hydrogens (tertiary/aromatic N) is 1. The Morgan fingerprint density at radius 1 is 1.11 bits per heavy atom. The zero-order chi connectivity index (χ0) is 20.2. The summed E-state index contributed by atoms with van der Waals surface area (Å²) in [4.78, 5) is 12.8. The van der Waals surface area contributed by atoms with Crippen molar-refractivity contribution < 1.29 is 22.0 Å². The molecule has 0 saturated carbocycles. The van der Waals surface area contributed by atoms with E-state index in [0.717, 1.165) is 16.6 Å². The summed E-state index contributed by atoms with van der Waals surface area (Å²) in [6.45, 7) is 3.34. The van der Waals surface area contributed by atoms with Gasteiger partial charge in [-0.15, -0.1) is 0 Å². The lowest BCUT2D eigenvalue weighted by molar-refractivity contribution is -0.122. The molecule has 146 valence electrons. The predicted molar refractivity (Wildman–Crippen MR) is 101 cm³/mol. The first-order chi connectivity index (χ1) is 12.6. The average Bonchev–Trinajstić information content (AvgIpc) is 2.59. The van der Waals surface area contributed by atoms with Gasteiger partial charge >= 0.3 is 0 Å². The summed E-state index contributed by atoms with van der Waals surface area (Å²) in [5, 5.41) is 2.72. The maximum absolute atomic E-state index is 14.2. The second kappa shape index (κ2) is 8.47. The lowest BCUT2D eigenvalue weighted by atomic mass is 10.1. The van der Waals surface area contributed by atoms with Crippen molar-refractivity contribution in [2.45, 2.75) is 32.4 Å². The zero-order valence-corrected chi connectivity index (χ0v) is 16.1. The van der Waals surface area contributed by atoms with Crippen LogP contribution < -0.4 is 9.62 Å². The van der Waals surface area contributed by atoms with Crippen molar-refractivity contribution in [2.75, 3.05) is 10.6 Å². The van der Waals surface area contributed by atoms with Crippen molar-refractivity contribution >= 4 is 21.6 Å². The number of nitrogens with one attached hydrogen (secondary N) is 1. The summed E-state index contributed by atoms with van der Waals surface area (Å²) < 4.78 is 52.7. The molecule has 27 heavy (non-hydrogen) atoms. The molecule has 8 heteroatoms. The van der Waals surface area contributed by atoms with Gasteiger partial charge in [-0.25, -0.2) is 17.2 Å². The Morgan fingerprint density at radius 3 is 2.22 bits per heavy atom. The van der Waals surface area contributed by atoms with Gasteiger partial charge in [0.05, 0.1) is 18.0 Å². The Hall–Kier alpha value is -2.48. The van der Waals surface area contributed by atoms with Gasteiger partial charge in [0.25, 0.3) is 0 Å². The fourth-order valence-electron chi connectivity index (χ4n) is 2.81. The van der Waals surface area contributed by atoms with Crippen molar-refractivity contribution in [3.05, 3.63) is 65.7 Å². The molecular weight excluding hydrogens is 374 g/mol. The third-order valence-corrected chi connectivity index (χ3v) is 5.31. The van der Waals surface area contributed by atoms with E-state index in [4.69, 9.17) is 0 Å². The Morgan fingerprint density at radius 2 is 1.70 bits per heavy atom. The van der Waals surface area contributed by atoms with E-state index in [1.54, 1.807) is 13.8 Å². The molecular formula is C19H22F2N2O3S. The lowest BCUT2D eigenvalue weighted by Crippen LogP contribution is -2.50. The molecule has 0 spiro atoms. The number of rotatable bonds is 7. The van der Waals surface area contributed by atoms with Crippen molar-refractivity contribution in [1.29, 1.82) is 0 Å². The molecule has 0 aliphatic heterocycles. The first-order valence-corrected chi connectivity index (χ1v) is 10.3. The highest BCUT2D eigenvalue weighted by molar-refractivity contribution is 7.92. The van der Waals surface area contributed by atoms with Gasteiger partial charge in [-0.1, -0.05) is 31.2 Å². The molecule has 2 atom stereocenters. The van der Waals surface area contributed by atoms with E-state index in [1.807, 2.05) is 0 Å². The molecule has 0 radical (unpaired) electrons. The van der Waals surface area contributed by atoms with E-state index in [2.05, 4.69) is 5.32 Å². The second-order valence-corrected chi connectivity index (χ2v) is 8.08. The topological polar surface area (TPSA) is 66.5 Å². The number of carbonyl (C=O) groups excluding carboxylic acids is 1. The quantitative estimate of drug-likeness (QED) is 0.780. The minimum atomic E-state index is -3.92. The number of sulfonamides is 1. The molecule has 0 fully saturated rings. The fraction of sp³-hybridized carbons (Fsp3) is 0.316. The number of carbonyl (C=O) groups is 1. The highest BCUT2D eigenvalue weighted by Gasteiger charge is 2.33. The van der Waals surface area contributed by atoms with Crippen LogP contribution in [-0.2, 0) is 14.8 Å². The van der Waals surface area contributed by atoms with E-state index < -0.39 is 39.6 Å². The molecule has 1 N–H and O–H groups in total. The molecule has 2 aromatic rings. The molecule has 1 amide bonds. The molecule has 0 unspecified atom stereocenters. The largest absolute Gasteiger partial charge is 0.348 e. The summed E-state index contributed by atoms with van der Waals surface area (Å²) in [6.07, 6.45) is 1.07. The highest BCUT2D eigenvalue weighted by atomic mass is 32.2. The molecule has 0 aliphatic carbocycles. The number of para-hydroxylation sites is 1. The number of hydrogen-bond acceptors (Lipinski definition) is 3. The van der Waals surface area contributed by atoms with Gasteiger partial charge in [-0.2, -0.15) is 0 Å². The van der Waals surface area contributed by atoms with Crippen LogP contribution in [0.25, 0.3) is 0 Å². The van der Waals surface area contributed by atoms with Crippen molar-refractivity contribution in [2.24, 2.45) is 0 Å². The standard InChI is InChI=1S/C19H22F2N2O3S/c1-4-17(19(24)22-13(2)14-9-11-15(20)12-10-14)23(27(3,25)26)18-8-6-5-7-16(18)21/h5-13,17H,4H2,1-3H3,(H,22,24)/t13-,17-/m0/s1. The van der Waals surface area contributed by atoms with Gasteiger partial charge in [0, 0.05) is 0 Å². The summed E-state index contributed by atoms with van der Waals surface area (Å²) in [5.74, 6) is -1.70. The molecule has 2 rings (SSSR count). The Balaban J connectivity index is 2.32. The molecule has 5 nitrogen and oxygen atoms in total. The van der Waals surface area contributed by atoms with Crippen LogP contribution in [0.15, 0.2) is 48.5 Å². The number of benzene rings is 2. The van der Waals surface area contributed by atoms with Crippen LogP contribution in [0.2, 0.25) is 0 Å². The van der Waals surface area contributed by atoms with Crippen molar-refractivity contribution in [1.82, 2.24) is 5.32 Å². The zero-order valence-electron chi connectivity index (χ0n) is 15.3. The first-order valence-electron chi connectivity index (χ1n) is 8.45. The maximum atomic E-state index is 14.2. The second-order valence-electron chi connectivity index (χ2n) is 6.22. The smallest absolute Gasteiger partial charge is 0.244 e. The van der Waals surface area contributed by atoms with Crippen molar-refractivity contribution in [3.63, 3.8) is 0 Å². The fourth-order valence-corrected chi connectivity index (χ4v) is 4.02. The molecule has 0 bridgehead atoms. The molecule has 0 heterocycles. The van der Waals surface area contributed by atoms with Gasteiger partial charge in [-0.3, -0.25) is 9.10 Å². The normalized spacial score (nSPS) is 13.7. The van der Waals surface area contributed by atoms with Crippen LogP contribution in [0.1, 0.15) is 31.9 Å². The SMILES string of the molecule is CC[C@@H](C(=O)N[C@@H](C)c1ccc(F)cc1)N(c1ccccc1F)S(C)(=O)=O. The molecule has 2 aromatic carbocycles. The van der Waals surface area contributed by atoms with Crippen LogP contribution in [0.4, 0.5) is 14.5 Å². The summed E-state index contributed by atoms with van der Waals surface area (Å²) in [7, 11) is -3.92. The third kappa shape index (κ3) is 5.03. The Labute approximate surface area is 158 Å². The van der Waals surface area contributed by atoms with Crippen LogP contribution in [0, 0.1) is 11.6 Å². The van der Waals surface area contributed by atoms with Crippen LogP contribution >= 0.6 is 0 Å². The van der Waals surface area contributed by atoms with Gasteiger partial charge in [0.15, 0.2) is 0 Å². The van der Waals surface area contributed by atoms with Crippen LogP contribution in [-0.4, -0.2) is 26.6 Å². The number of hydrogen-bond donors (Lipinski definition) is 1. The predicted octanol–water partition coefficient (Wildman–Crippen LogP) is 3.39. The van der Waals surface area contributed by atoms with E-state index >= 15 is 0 Å². The molecule has 0 aliphatic rings. The van der Waals surface area contributed by atoms with E-state index in [0.29, 0.717) is 5.56 Å². The van der Waals surface area contributed by atoms with Crippen LogP contribution in [0.5, 0.6) is 0 Å². The minimum Gasteiger partial charge on any atom is -0.348 e. The Bertz CT molecular complexity index is 901. The summed E-state index contributed by atoms with van der Waals surface area (Å²) in [6, 6.07) is 9.41. The van der Waals surface area contributed by atoms with Gasteiger partial charge in [0.1, 0.15) is 17.7 Å². The first kappa shape index (κ1) is 20.8. The average molecular weight is 396 g/mol. The van der Waals surface area contributed by atoms with E-state index in [1.165, 1.54) is 42.5 Å². The third-order valence-electron chi connectivity index (χ3n) is 4.15. The summed E-state index contributed by atoms with van der Waals surface area (Å²) in [5.41, 5.74) is 0.479. The monoisotopic (exact) mass is 396 g/mol. The molecule has 0 saturated heterocycles. The van der Waals surface area contributed by atoms with Gasteiger partial charge < -0.3 is 5.32 Å². The Kier molecular flexibility index (Phi) is 6.54. The number of amides is 1. The maximum Gasteiger partial charge on any atom is 0.244 e. The summed E-state index contributed by atoms with van der Waals surface area (Å²) >= 11 is 0. The number of anilines is 1. The van der Waals surface area contributed by atoms with Gasteiger partial charge in [-0.05, 0) is 43.2 Å². The molecule has 0 aromatic heterocycles. The highest BCUT2D eigenvalue weighted by Crippen LogP contribution is 2.26. The van der Waals surface area contributed by atoms with Crippen molar-refractivity contribution in [3.8, 4) is 0 Å². The van der Waals surface area contributed by atoms with Crippen LogP contribution in [0.3, 0.4) is 0 Å². The van der Waals surface area contributed by atoms with E-state index in [-0.39, 0.29) is 12.1 Å². The van der Waals surface area contributed by atoms with Gasteiger partial charge in [0.2, 0.25) is 15.9 Å². The number of halogens is 2.